The molecule has 3 atom stereocenters. The van der Waals surface area contributed by atoms with E-state index < -0.39 is 38.0 Å². The predicted octanol–water partition coefficient (Wildman–Crippen LogP) is 3.42. The Kier molecular flexibility index (Phi) is 9.08. The summed E-state index contributed by atoms with van der Waals surface area (Å²) in [4.78, 5) is 33.3. The van der Waals surface area contributed by atoms with Gasteiger partial charge in [0.25, 0.3) is 0 Å². The zero-order valence-corrected chi connectivity index (χ0v) is 22.7. The number of methoxy groups -OCH3 is 1. The SMILES string of the molecule is CCOP(=O)(/C=C/[C@@H]1C[C@@H](OC(=O)c2ccccc2)[C@H](n2nc(CC(=O)OC)c3c(N)ncnc32)O1)OCC. The van der Waals surface area contributed by atoms with Crippen LogP contribution >= 0.6 is 7.60 Å². The number of anilines is 1. The summed E-state index contributed by atoms with van der Waals surface area (Å²) in [6, 6.07) is 8.51. The molecule has 4 rings (SSSR count). The van der Waals surface area contributed by atoms with Crippen molar-refractivity contribution in [3.05, 3.63) is 59.8 Å². The number of fused-ring (bicyclic) bond motifs is 1. The van der Waals surface area contributed by atoms with E-state index in [0.717, 1.165) is 0 Å². The van der Waals surface area contributed by atoms with Crippen molar-refractivity contribution in [2.75, 3.05) is 26.1 Å². The molecule has 0 aliphatic carbocycles. The number of rotatable bonds is 11. The van der Waals surface area contributed by atoms with Crippen LogP contribution in [0.15, 0.2) is 48.6 Å². The molecule has 1 aliphatic rings. The molecule has 2 N–H and O–H groups in total. The molecule has 1 fully saturated rings. The second kappa shape index (κ2) is 12.5. The molecular weight excluding hydrogens is 529 g/mol. The van der Waals surface area contributed by atoms with Crippen LogP contribution in [0.2, 0.25) is 0 Å². The van der Waals surface area contributed by atoms with Crippen LogP contribution in [0.3, 0.4) is 0 Å². The minimum Gasteiger partial charge on any atom is -0.469 e. The fraction of sp³-hybridized carbons (Fsp3) is 0.400. The smallest absolute Gasteiger partial charge is 0.353 e. The first-order chi connectivity index (χ1) is 18.8. The van der Waals surface area contributed by atoms with E-state index in [1.807, 2.05) is 0 Å². The normalized spacial score (nSPS) is 19.5. The average molecular weight is 560 g/mol. The van der Waals surface area contributed by atoms with Crippen molar-refractivity contribution in [1.29, 1.82) is 0 Å². The predicted molar refractivity (Wildman–Crippen MR) is 140 cm³/mol. The lowest BCUT2D eigenvalue weighted by Crippen LogP contribution is -2.27. The van der Waals surface area contributed by atoms with E-state index in [-0.39, 0.29) is 43.2 Å². The molecule has 0 unspecified atom stereocenters. The van der Waals surface area contributed by atoms with Crippen LogP contribution in [0, 0.1) is 0 Å². The van der Waals surface area contributed by atoms with Gasteiger partial charge in [-0.25, -0.2) is 19.4 Å². The van der Waals surface area contributed by atoms with Crippen LogP contribution in [0.5, 0.6) is 0 Å². The summed E-state index contributed by atoms with van der Waals surface area (Å²) in [7, 11) is -2.23. The number of carbonyl (C=O) groups excluding carboxylic acids is 2. The monoisotopic (exact) mass is 559 g/mol. The number of esters is 2. The molecule has 3 heterocycles. The highest BCUT2D eigenvalue weighted by atomic mass is 31.2. The third-order valence-electron chi connectivity index (χ3n) is 5.84. The standard InChI is InChI=1S/C25H30N5O8P/c1-4-35-39(33,36-5-2)12-11-17-13-19(38-25(32)16-9-7-6-8-10-16)24(37-17)30-23-21(22(26)27-15-28-23)18(29-30)14-20(31)34-3/h6-12,15,17,19,24H,4-5,13-14H2,1-3H3,(H2,26,27,28)/b12-11+/t17-,19-,24-/m1/s1. The van der Waals surface area contributed by atoms with Crippen molar-refractivity contribution >= 4 is 36.4 Å². The minimum absolute atomic E-state index is 0.117. The molecule has 0 radical (unpaired) electrons. The van der Waals surface area contributed by atoms with Gasteiger partial charge in [-0.1, -0.05) is 18.2 Å². The van der Waals surface area contributed by atoms with Crippen molar-refractivity contribution < 1.29 is 37.4 Å². The topological polar surface area (TPSA) is 167 Å². The second-order valence-electron chi connectivity index (χ2n) is 8.43. The fourth-order valence-corrected chi connectivity index (χ4v) is 5.52. The number of carbonyl (C=O) groups is 2. The summed E-state index contributed by atoms with van der Waals surface area (Å²) >= 11 is 0. The number of hydrogen-bond acceptors (Lipinski definition) is 12. The molecule has 13 nitrogen and oxygen atoms in total. The van der Waals surface area contributed by atoms with Gasteiger partial charge in [0.2, 0.25) is 0 Å². The van der Waals surface area contributed by atoms with Crippen LogP contribution < -0.4 is 5.73 Å². The molecule has 0 saturated carbocycles. The van der Waals surface area contributed by atoms with E-state index >= 15 is 0 Å². The lowest BCUT2D eigenvalue weighted by atomic mass is 10.2. The Morgan fingerprint density at radius 2 is 1.90 bits per heavy atom. The summed E-state index contributed by atoms with van der Waals surface area (Å²) in [6.07, 6.45) is 0.376. The Morgan fingerprint density at radius 3 is 2.56 bits per heavy atom. The van der Waals surface area contributed by atoms with Gasteiger partial charge < -0.3 is 29.0 Å². The first-order valence-corrected chi connectivity index (χ1v) is 13.9. The lowest BCUT2D eigenvalue weighted by molar-refractivity contribution is -0.139. The second-order valence-corrected chi connectivity index (χ2v) is 10.3. The van der Waals surface area contributed by atoms with Gasteiger partial charge >= 0.3 is 19.5 Å². The van der Waals surface area contributed by atoms with Crippen LogP contribution in [0.4, 0.5) is 5.82 Å². The zero-order chi connectivity index (χ0) is 28.0. The van der Waals surface area contributed by atoms with Gasteiger partial charge in [-0.3, -0.25) is 9.36 Å². The number of nitrogens with two attached hydrogens (primary N) is 1. The lowest BCUT2D eigenvalue weighted by Gasteiger charge is -2.20. The largest absolute Gasteiger partial charge is 0.469 e. The average Bonchev–Trinajstić information content (AvgIpc) is 3.49. The fourth-order valence-electron chi connectivity index (χ4n) is 4.15. The Balaban J connectivity index is 1.71. The summed E-state index contributed by atoms with van der Waals surface area (Å²) in [5.41, 5.74) is 7.03. The third-order valence-corrected chi connectivity index (χ3v) is 7.61. The van der Waals surface area contributed by atoms with Gasteiger partial charge in [0.15, 0.2) is 18.0 Å². The maximum Gasteiger partial charge on any atom is 0.353 e. The molecule has 1 aliphatic heterocycles. The Labute approximate surface area is 224 Å². The Bertz CT molecular complexity index is 1390. The molecule has 1 aromatic carbocycles. The van der Waals surface area contributed by atoms with Crippen LogP contribution in [0.1, 0.15) is 42.5 Å². The molecule has 1 saturated heterocycles. The first-order valence-electron chi connectivity index (χ1n) is 12.3. The van der Waals surface area contributed by atoms with E-state index in [0.29, 0.717) is 10.9 Å². The number of hydrogen-bond donors (Lipinski definition) is 1. The van der Waals surface area contributed by atoms with E-state index in [1.165, 1.54) is 23.9 Å². The van der Waals surface area contributed by atoms with Crippen molar-refractivity contribution in [1.82, 2.24) is 19.7 Å². The molecular formula is C25H30N5O8P. The molecule has 39 heavy (non-hydrogen) atoms. The first kappa shape index (κ1) is 28.4. The minimum atomic E-state index is -3.50. The molecule has 208 valence electrons. The van der Waals surface area contributed by atoms with Gasteiger partial charge in [-0.15, -0.1) is 0 Å². The maximum atomic E-state index is 13.0. The van der Waals surface area contributed by atoms with E-state index in [9.17, 15) is 14.2 Å². The molecule has 2 aromatic heterocycles. The highest BCUT2D eigenvalue weighted by Crippen LogP contribution is 2.50. The van der Waals surface area contributed by atoms with Crippen LogP contribution in [-0.4, -0.2) is 64.2 Å². The molecule has 3 aromatic rings. The van der Waals surface area contributed by atoms with E-state index in [1.54, 1.807) is 50.3 Å². The summed E-state index contributed by atoms with van der Waals surface area (Å²) in [5, 5.41) is 4.90. The molecule has 0 spiro atoms. The zero-order valence-electron chi connectivity index (χ0n) is 21.8. The molecule has 0 bridgehead atoms. The Hall–Kier alpha value is -3.64. The molecule has 0 amide bonds. The highest BCUT2D eigenvalue weighted by Gasteiger charge is 2.41. The van der Waals surface area contributed by atoms with Gasteiger partial charge in [-0.2, -0.15) is 5.10 Å². The highest BCUT2D eigenvalue weighted by molar-refractivity contribution is 7.57. The maximum absolute atomic E-state index is 13.0. The van der Waals surface area contributed by atoms with Gasteiger partial charge in [0.1, 0.15) is 12.1 Å². The van der Waals surface area contributed by atoms with Gasteiger partial charge in [0, 0.05) is 12.2 Å². The van der Waals surface area contributed by atoms with Crippen molar-refractivity contribution in [3.8, 4) is 0 Å². The Morgan fingerprint density at radius 1 is 1.18 bits per heavy atom. The summed E-state index contributed by atoms with van der Waals surface area (Å²) in [5.74, 6) is 0.362. The van der Waals surface area contributed by atoms with Crippen LogP contribution in [0.25, 0.3) is 11.0 Å². The summed E-state index contributed by atoms with van der Waals surface area (Å²) < 4.78 is 41.9. The number of ether oxygens (including phenoxy) is 3. The number of nitrogens with zero attached hydrogens (tertiary/aromatic N) is 4. The van der Waals surface area contributed by atoms with Gasteiger partial charge in [-0.05, 0) is 32.1 Å². The molecule has 14 heteroatoms. The number of aromatic nitrogens is 4. The summed E-state index contributed by atoms with van der Waals surface area (Å²) in [6.45, 7) is 3.80. The van der Waals surface area contributed by atoms with E-state index in [2.05, 4.69) is 15.1 Å². The van der Waals surface area contributed by atoms with Crippen molar-refractivity contribution in [2.45, 2.75) is 45.1 Å². The third kappa shape index (κ3) is 6.51. The van der Waals surface area contributed by atoms with E-state index in [4.69, 9.17) is 29.0 Å². The van der Waals surface area contributed by atoms with Crippen LogP contribution in [-0.2, 0) is 39.0 Å². The van der Waals surface area contributed by atoms with Gasteiger partial charge in [0.05, 0.1) is 49.5 Å². The quantitative estimate of drug-likeness (QED) is 0.269. The van der Waals surface area contributed by atoms with Crippen molar-refractivity contribution in [2.24, 2.45) is 0 Å². The number of nitrogen functional groups attached to an aromatic ring is 1. The number of benzene rings is 1. The van der Waals surface area contributed by atoms with Crippen molar-refractivity contribution in [3.63, 3.8) is 0 Å².